The Morgan fingerprint density at radius 1 is 1.12 bits per heavy atom. The molecule has 0 aliphatic heterocycles. The zero-order valence-electron chi connectivity index (χ0n) is 14.9. The highest BCUT2D eigenvalue weighted by Gasteiger charge is 2.25. The van der Waals surface area contributed by atoms with E-state index in [1.165, 1.54) is 36.6 Å². The lowest BCUT2D eigenvalue weighted by Crippen LogP contribution is -2.47. The van der Waals surface area contributed by atoms with Crippen molar-refractivity contribution in [2.24, 2.45) is 5.92 Å². The van der Waals surface area contributed by atoms with Gasteiger partial charge in [-0.3, -0.25) is 9.59 Å². The number of amides is 2. The molecule has 1 aromatic carbocycles. The van der Waals surface area contributed by atoms with Crippen molar-refractivity contribution in [3.63, 3.8) is 0 Å². The second-order valence-electron chi connectivity index (χ2n) is 6.09. The highest BCUT2D eigenvalue weighted by atomic mass is 32.2. The summed E-state index contributed by atoms with van der Waals surface area (Å²) in [6.45, 7) is 5.19. The average molecular weight is 378 g/mol. The van der Waals surface area contributed by atoms with Gasteiger partial charge < -0.3 is 15.1 Å². The van der Waals surface area contributed by atoms with Gasteiger partial charge in [0.25, 0.3) is 5.91 Å². The number of carbonyl (C=O) groups excluding carboxylic acids is 2. The Morgan fingerprint density at radius 3 is 2.27 bits per heavy atom. The van der Waals surface area contributed by atoms with Crippen LogP contribution in [0.15, 0.2) is 52.0 Å². The monoisotopic (exact) mass is 378 g/mol. The summed E-state index contributed by atoms with van der Waals surface area (Å²) in [5.74, 6) is -0.905. The third-order valence-electron chi connectivity index (χ3n) is 3.84. The Kier molecular flexibility index (Phi) is 6.20. The summed E-state index contributed by atoms with van der Waals surface area (Å²) in [5, 5.41) is 5.33. The van der Waals surface area contributed by atoms with E-state index in [0.29, 0.717) is 5.69 Å². The zero-order valence-corrected chi connectivity index (χ0v) is 15.7. The molecule has 140 valence electrons. The van der Waals surface area contributed by atoms with Gasteiger partial charge >= 0.3 is 0 Å². The summed E-state index contributed by atoms with van der Waals surface area (Å²) < 4.78 is 28.7. The summed E-state index contributed by atoms with van der Waals surface area (Å²) in [6, 6.07) is 8.26. The maximum atomic E-state index is 12.5. The Morgan fingerprint density at radius 2 is 1.77 bits per heavy atom. The quantitative estimate of drug-likeness (QED) is 0.770. The molecular weight excluding hydrogens is 356 g/mol. The van der Waals surface area contributed by atoms with Gasteiger partial charge in [0.15, 0.2) is 15.6 Å². The van der Waals surface area contributed by atoms with E-state index >= 15 is 0 Å². The Balaban J connectivity index is 2.09. The van der Waals surface area contributed by atoms with Gasteiger partial charge in [0.2, 0.25) is 5.91 Å². The maximum absolute atomic E-state index is 12.5. The molecule has 0 spiro atoms. The predicted octanol–water partition coefficient (Wildman–Crippen LogP) is 2.47. The van der Waals surface area contributed by atoms with E-state index in [1.807, 2.05) is 13.8 Å². The van der Waals surface area contributed by atoms with Crippen molar-refractivity contribution in [2.75, 3.05) is 11.1 Å². The highest BCUT2D eigenvalue weighted by molar-refractivity contribution is 7.91. The van der Waals surface area contributed by atoms with E-state index in [1.54, 1.807) is 13.0 Å². The van der Waals surface area contributed by atoms with Crippen LogP contribution in [0.5, 0.6) is 0 Å². The molecular formula is C18H22N2O5S. The largest absolute Gasteiger partial charge is 0.459 e. The van der Waals surface area contributed by atoms with Gasteiger partial charge in [-0.25, -0.2) is 8.42 Å². The van der Waals surface area contributed by atoms with Crippen molar-refractivity contribution >= 4 is 27.3 Å². The standard InChI is InChI=1S/C18H22N2O5S/c1-4-26(23,24)14-9-7-13(8-10-14)19-18(22)16(12(2)3)20-17(21)15-6-5-11-25-15/h5-12,16H,4H2,1-3H3,(H,19,22)(H,20,21)/t16-/m1/s1. The molecule has 1 aromatic heterocycles. The first-order valence-corrected chi connectivity index (χ1v) is 9.88. The van der Waals surface area contributed by atoms with Crippen molar-refractivity contribution in [3.05, 3.63) is 48.4 Å². The fourth-order valence-electron chi connectivity index (χ4n) is 2.29. The minimum absolute atomic E-state index is 0.00689. The van der Waals surface area contributed by atoms with Crippen LogP contribution in [0.4, 0.5) is 5.69 Å². The van der Waals surface area contributed by atoms with Crippen LogP contribution in [-0.4, -0.2) is 32.0 Å². The lowest BCUT2D eigenvalue weighted by molar-refractivity contribution is -0.118. The van der Waals surface area contributed by atoms with Crippen LogP contribution in [0.25, 0.3) is 0 Å². The fourth-order valence-corrected chi connectivity index (χ4v) is 3.17. The summed E-state index contributed by atoms with van der Waals surface area (Å²) in [6.07, 6.45) is 1.38. The van der Waals surface area contributed by atoms with Gasteiger partial charge in [0.1, 0.15) is 6.04 Å². The number of hydrogen-bond donors (Lipinski definition) is 2. The fraction of sp³-hybridized carbons (Fsp3) is 0.333. The summed E-state index contributed by atoms with van der Waals surface area (Å²) in [5.41, 5.74) is 0.447. The minimum atomic E-state index is -3.29. The van der Waals surface area contributed by atoms with Crippen LogP contribution in [0.2, 0.25) is 0 Å². The first-order valence-electron chi connectivity index (χ1n) is 8.22. The van der Waals surface area contributed by atoms with Crippen LogP contribution in [0.3, 0.4) is 0 Å². The highest BCUT2D eigenvalue weighted by Crippen LogP contribution is 2.16. The van der Waals surface area contributed by atoms with Gasteiger partial charge in [-0.15, -0.1) is 0 Å². The molecule has 8 heteroatoms. The second-order valence-corrected chi connectivity index (χ2v) is 8.37. The molecule has 0 unspecified atom stereocenters. The Hall–Kier alpha value is -2.61. The zero-order chi connectivity index (χ0) is 19.3. The average Bonchev–Trinajstić information content (AvgIpc) is 3.14. The van der Waals surface area contributed by atoms with Gasteiger partial charge in [0.05, 0.1) is 16.9 Å². The molecule has 26 heavy (non-hydrogen) atoms. The van der Waals surface area contributed by atoms with Crippen molar-refractivity contribution in [2.45, 2.75) is 31.7 Å². The van der Waals surface area contributed by atoms with Crippen LogP contribution in [0, 0.1) is 5.92 Å². The molecule has 2 amide bonds. The number of furan rings is 1. The van der Waals surface area contributed by atoms with Gasteiger partial charge in [0, 0.05) is 5.69 Å². The number of nitrogens with one attached hydrogen (secondary N) is 2. The lowest BCUT2D eigenvalue weighted by atomic mass is 10.0. The maximum Gasteiger partial charge on any atom is 0.287 e. The SMILES string of the molecule is CCS(=O)(=O)c1ccc(NC(=O)[C@H](NC(=O)c2ccco2)C(C)C)cc1. The number of hydrogen-bond acceptors (Lipinski definition) is 5. The van der Waals surface area contributed by atoms with Crippen LogP contribution >= 0.6 is 0 Å². The molecule has 0 saturated carbocycles. The molecule has 2 N–H and O–H groups in total. The van der Waals surface area contributed by atoms with E-state index in [-0.39, 0.29) is 22.3 Å². The molecule has 0 radical (unpaired) electrons. The summed E-state index contributed by atoms with van der Waals surface area (Å²) >= 11 is 0. The van der Waals surface area contributed by atoms with E-state index in [9.17, 15) is 18.0 Å². The van der Waals surface area contributed by atoms with Crippen LogP contribution in [0.1, 0.15) is 31.3 Å². The van der Waals surface area contributed by atoms with Gasteiger partial charge in [-0.05, 0) is 42.3 Å². The van der Waals surface area contributed by atoms with Gasteiger partial charge in [-0.1, -0.05) is 20.8 Å². The molecule has 1 heterocycles. The number of sulfone groups is 1. The smallest absolute Gasteiger partial charge is 0.287 e. The normalized spacial score (nSPS) is 12.6. The summed E-state index contributed by atoms with van der Waals surface area (Å²) in [7, 11) is -3.29. The van der Waals surface area contributed by atoms with E-state index < -0.39 is 27.7 Å². The topological polar surface area (TPSA) is 105 Å². The molecule has 7 nitrogen and oxygen atoms in total. The van der Waals surface area contributed by atoms with E-state index in [0.717, 1.165) is 0 Å². The Labute approximate surface area is 152 Å². The minimum Gasteiger partial charge on any atom is -0.459 e. The number of carbonyl (C=O) groups is 2. The molecule has 2 rings (SSSR count). The van der Waals surface area contributed by atoms with Crippen molar-refractivity contribution in [3.8, 4) is 0 Å². The third kappa shape index (κ3) is 4.72. The van der Waals surface area contributed by atoms with Gasteiger partial charge in [-0.2, -0.15) is 0 Å². The molecule has 0 aliphatic rings. The third-order valence-corrected chi connectivity index (χ3v) is 5.59. The molecule has 0 fully saturated rings. The number of anilines is 1. The molecule has 2 aromatic rings. The predicted molar refractivity (Wildman–Crippen MR) is 97.6 cm³/mol. The number of benzene rings is 1. The molecule has 1 atom stereocenters. The van der Waals surface area contributed by atoms with Crippen molar-refractivity contribution < 1.29 is 22.4 Å². The van der Waals surface area contributed by atoms with Crippen LogP contribution < -0.4 is 10.6 Å². The van der Waals surface area contributed by atoms with Crippen molar-refractivity contribution in [1.29, 1.82) is 0 Å². The van der Waals surface area contributed by atoms with E-state index in [4.69, 9.17) is 4.42 Å². The first kappa shape index (κ1) is 19.7. The lowest BCUT2D eigenvalue weighted by Gasteiger charge is -2.21. The second kappa shape index (κ2) is 8.18. The molecule has 0 bridgehead atoms. The van der Waals surface area contributed by atoms with Crippen molar-refractivity contribution in [1.82, 2.24) is 5.32 Å². The van der Waals surface area contributed by atoms with Crippen LogP contribution in [-0.2, 0) is 14.6 Å². The summed E-state index contributed by atoms with van der Waals surface area (Å²) in [4.78, 5) is 24.8. The number of rotatable bonds is 7. The first-order chi connectivity index (χ1) is 12.2. The van der Waals surface area contributed by atoms with E-state index in [2.05, 4.69) is 10.6 Å². The Bertz CT molecular complexity index is 855. The molecule has 0 aliphatic carbocycles. The molecule has 0 saturated heterocycles.